The van der Waals surface area contributed by atoms with Gasteiger partial charge in [-0.25, -0.2) is 0 Å². The summed E-state index contributed by atoms with van der Waals surface area (Å²) >= 11 is 1.60. The number of benzene rings is 2. The average Bonchev–Trinajstić information content (AvgIpc) is 3.32. The number of ether oxygens (including phenoxy) is 1. The molecule has 2 aromatic carbocycles. The second kappa shape index (κ2) is 9.12. The molecule has 0 saturated carbocycles. The number of hydrogen-bond donors (Lipinski definition) is 1. The van der Waals surface area contributed by atoms with Crippen LogP contribution >= 0.6 is 11.3 Å². The van der Waals surface area contributed by atoms with Gasteiger partial charge in [-0.3, -0.25) is 14.8 Å². The maximum atomic E-state index is 12.6. The Labute approximate surface area is 173 Å². The molecule has 0 bridgehead atoms. The zero-order valence-electron chi connectivity index (χ0n) is 15.6. The number of carbonyl (C=O) groups excluding carboxylic acids is 1. The highest BCUT2D eigenvalue weighted by Crippen LogP contribution is 2.22. The van der Waals surface area contributed by atoms with E-state index >= 15 is 0 Å². The second-order valence-electron chi connectivity index (χ2n) is 6.35. The van der Waals surface area contributed by atoms with Crippen LogP contribution in [0.2, 0.25) is 0 Å². The predicted octanol–water partition coefficient (Wildman–Crippen LogP) is 4.71. The maximum Gasteiger partial charge on any atom is 0.251 e. The van der Waals surface area contributed by atoms with Crippen molar-refractivity contribution in [2.45, 2.75) is 13.2 Å². The van der Waals surface area contributed by atoms with Crippen molar-refractivity contribution in [3.63, 3.8) is 0 Å². The van der Waals surface area contributed by atoms with Crippen LogP contribution in [0.25, 0.3) is 11.3 Å². The number of thiophene rings is 1. The molecule has 0 saturated heterocycles. The van der Waals surface area contributed by atoms with Gasteiger partial charge in [0, 0.05) is 28.9 Å². The van der Waals surface area contributed by atoms with Crippen LogP contribution in [0.4, 0.5) is 0 Å². The van der Waals surface area contributed by atoms with Crippen molar-refractivity contribution in [2.24, 2.45) is 0 Å². The van der Waals surface area contributed by atoms with Crippen LogP contribution in [-0.2, 0) is 13.2 Å². The van der Waals surface area contributed by atoms with Gasteiger partial charge in [0.15, 0.2) is 0 Å². The maximum absolute atomic E-state index is 12.6. The van der Waals surface area contributed by atoms with Crippen molar-refractivity contribution >= 4 is 17.2 Å². The number of rotatable bonds is 7. The van der Waals surface area contributed by atoms with Crippen molar-refractivity contribution in [2.75, 3.05) is 0 Å². The Morgan fingerprint density at radius 3 is 2.69 bits per heavy atom. The number of amides is 1. The fraction of sp³-hybridized carbons (Fsp3) is 0.0870. The molecule has 0 aliphatic heterocycles. The Kier molecular flexibility index (Phi) is 5.92. The summed E-state index contributed by atoms with van der Waals surface area (Å²) in [5.41, 5.74) is 4.14. The van der Waals surface area contributed by atoms with Gasteiger partial charge in [-0.15, -0.1) is 0 Å². The molecule has 0 unspecified atom stereocenters. The van der Waals surface area contributed by atoms with Gasteiger partial charge in [-0.05, 0) is 35.2 Å². The summed E-state index contributed by atoms with van der Waals surface area (Å²) in [4.78, 5) is 21.4. The highest BCUT2D eigenvalue weighted by molar-refractivity contribution is 7.08. The SMILES string of the molecule is O=C(NCc1nccnc1-c1ccsc1)c1cccc(OCc2ccccc2)c1. The summed E-state index contributed by atoms with van der Waals surface area (Å²) in [6.45, 7) is 0.752. The summed E-state index contributed by atoms with van der Waals surface area (Å²) in [5, 5.41) is 6.94. The Hall–Kier alpha value is -3.51. The normalized spacial score (nSPS) is 10.5. The third-order valence-corrected chi connectivity index (χ3v) is 5.01. The Morgan fingerprint density at radius 1 is 1.00 bits per heavy atom. The van der Waals surface area contributed by atoms with Crippen LogP contribution in [0.5, 0.6) is 5.75 Å². The van der Waals surface area contributed by atoms with Crippen LogP contribution in [0.15, 0.2) is 83.8 Å². The van der Waals surface area contributed by atoms with Crippen LogP contribution in [-0.4, -0.2) is 15.9 Å². The first-order valence-corrected chi connectivity index (χ1v) is 10.1. The first-order chi connectivity index (χ1) is 14.3. The summed E-state index contributed by atoms with van der Waals surface area (Å²) < 4.78 is 5.81. The molecule has 4 rings (SSSR count). The van der Waals surface area contributed by atoms with Crippen molar-refractivity contribution in [3.8, 4) is 17.0 Å². The van der Waals surface area contributed by atoms with E-state index in [1.807, 2.05) is 59.3 Å². The Morgan fingerprint density at radius 2 is 1.86 bits per heavy atom. The van der Waals surface area contributed by atoms with E-state index in [4.69, 9.17) is 4.74 Å². The molecular formula is C23H19N3O2S. The van der Waals surface area contributed by atoms with Crippen molar-refractivity contribution in [1.29, 1.82) is 0 Å². The van der Waals surface area contributed by atoms with Crippen molar-refractivity contribution in [1.82, 2.24) is 15.3 Å². The van der Waals surface area contributed by atoms with E-state index in [1.54, 1.807) is 35.9 Å². The van der Waals surface area contributed by atoms with Gasteiger partial charge in [0.05, 0.1) is 17.9 Å². The van der Waals surface area contributed by atoms with Gasteiger partial charge in [-0.2, -0.15) is 11.3 Å². The molecule has 0 spiro atoms. The van der Waals surface area contributed by atoms with E-state index < -0.39 is 0 Å². The lowest BCUT2D eigenvalue weighted by molar-refractivity contribution is 0.0950. The average molecular weight is 401 g/mol. The molecule has 4 aromatic rings. The van der Waals surface area contributed by atoms with Crippen LogP contribution in [0.3, 0.4) is 0 Å². The second-order valence-corrected chi connectivity index (χ2v) is 7.13. The van der Waals surface area contributed by atoms with Crippen LogP contribution in [0, 0.1) is 0 Å². The number of nitrogens with one attached hydrogen (secondary N) is 1. The number of carbonyl (C=O) groups is 1. The molecule has 0 aliphatic rings. The molecule has 1 N–H and O–H groups in total. The summed E-state index contributed by atoms with van der Waals surface area (Å²) in [7, 11) is 0. The lowest BCUT2D eigenvalue weighted by atomic mass is 10.1. The minimum atomic E-state index is -0.183. The minimum absolute atomic E-state index is 0.183. The van der Waals surface area contributed by atoms with Gasteiger partial charge in [0.25, 0.3) is 5.91 Å². The monoisotopic (exact) mass is 401 g/mol. The molecule has 0 fully saturated rings. The molecule has 144 valence electrons. The molecule has 0 radical (unpaired) electrons. The number of hydrogen-bond acceptors (Lipinski definition) is 5. The lowest BCUT2D eigenvalue weighted by Gasteiger charge is -2.10. The van der Waals surface area contributed by atoms with Crippen molar-refractivity contribution < 1.29 is 9.53 Å². The van der Waals surface area contributed by atoms with Gasteiger partial charge in [0.1, 0.15) is 12.4 Å². The fourth-order valence-electron chi connectivity index (χ4n) is 2.87. The third-order valence-electron chi connectivity index (χ3n) is 4.33. The van der Waals surface area contributed by atoms with E-state index in [0.717, 1.165) is 22.5 Å². The zero-order valence-corrected chi connectivity index (χ0v) is 16.4. The third kappa shape index (κ3) is 4.86. The molecule has 2 heterocycles. The quantitative estimate of drug-likeness (QED) is 0.487. The fourth-order valence-corrected chi connectivity index (χ4v) is 3.51. The topological polar surface area (TPSA) is 64.1 Å². The summed E-state index contributed by atoms with van der Waals surface area (Å²) in [6.07, 6.45) is 3.29. The number of nitrogens with zero attached hydrogens (tertiary/aromatic N) is 2. The smallest absolute Gasteiger partial charge is 0.251 e. The Bertz CT molecular complexity index is 1080. The first kappa shape index (κ1) is 18.8. The van der Waals surface area contributed by atoms with E-state index in [-0.39, 0.29) is 5.91 Å². The molecule has 5 nitrogen and oxygen atoms in total. The highest BCUT2D eigenvalue weighted by Gasteiger charge is 2.11. The summed E-state index contributed by atoms with van der Waals surface area (Å²) in [5.74, 6) is 0.469. The van der Waals surface area contributed by atoms with Gasteiger partial charge in [0.2, 0.25) is 0 Å². The molecule has 0 atom stereocenters. The highest BCUT2D eigenvalue weighted by atomic mass is 32.1. The van der Waals surface area contributed by atoms with E-state index in [2.05, 4.69) is 15.3 Å². The van der Waals surface area contributed by atoms with Crippen molar-refractivity contribution in [3.05, 3.63) is 101 Å². The van der Waals surface area contributed by atoms with Crippen LogP contribution in [0.1, 0.15) is 21.6 Å². The molecule has 29 heavy (non-hydrogen) atoms. The molecule has 0 aliphatic carbocycles. The molecule has 2 aromatic heterocycles. The summed E-state index contributed by atoms with van der Waals surface area (Å²) in [6, 6.07) is 19.1. The lowest BCUT2D eigenvalue weighted by Crippen LogP contribution is -2.23. The van der Waals surface area contributed by atoms with Gasteiger partial charge >= 0.3 is 0 Å². The van der Waals surface area contributed by atoms with E-state index in [0.29, 0.717) is 24.5 Å². The standard InChI is InChI=1S/C23H19N3O2S/c27-23(26-14-21-22(25-11-10-24-21)19-9-12-29-16-19)18-7-4-8-20(13-18)28-15-17-5-2-1-3-6-17/h1-13,16H,14-15H2,(H,26,27). The molecule has 6 heteroatoms. The number of aromatic nitrogens is 2. The largest absolute Gasteiger partial charge is 0.489 e. The predicted molar refractivity (Wildman–Crippen MR) is 114 cm³/mol. The molecule has 1 amide bonds. The van der Waals surface area contributed by atoms with E-state index in [1.165, 1.54) is 0 Å². The van der Waals surface area contributed by atoms with E-state index in [9.17, 15) is 4.79 Å². The zero-order chi connectivity index (χ0) is 19.9. The first-order valence-electron chi connectivity index (χ1n) is 9.17. The molecular weight excluding hydrogens is 382 g/mol. The van der Waals surface area contributed by atoms with Gasteiger partial charge in [-0.1, -0.05) is 36.4 Å². The van der Waals surface area contributed by atoms with Crippen LogP contribution < -0.4 is 10.1 Å². The minimum Gasteiger partial charge on any atom is -0.489 e. The van der Waals surface area contributed by atoms with Gasteiger partial charge < -0.3 is 10.1 Å². The Balaban J connectivity index is 1.41.